The number of aromatic nitrogens is 3. The number of oxazole rings is 1. The third-order valence-electron chi connectivity index (χ3n) is 7.05. The molecule has 0 spiro atoms. The lowest BCUT2D eigenvalue weighted by atomic mass is 9.93. The van der Waals surface area contributed by atoms with E-state index in [1.54, 1.807) is 62.8 Å². The van der Waals surface area contributed by atoms with Crippen LogP contribution in [0, 0.1) is 6.92 Å². The van der Waals surface area contributed by atoms with Crippen molar-refractivity contribution in [2.24, 2.45) is 7.05 Å². The van der Waals surface area contributed by atoms with Crippen LogP contribution in [0.15, 0.2) is 76.0 Å². The monoisotopic (exact) mass is 607 g/mol. The summed E-state index contributed by atoms with van der Waals surface area (Å²) >= 11 is 0. The van der Waals surface area contributed by atoms with Crippen LogP contribution in [-0.4, -0.2) is 40.8 Å². The van der Waals surface area contributed by atoms with E-state index in [-0.39, 0.29) is 16.4 Å². The highest BCUT2D eigenvalue weighted by atomic mass is 32.2. The number of halogens is 2. The third kappa shape index (κ3) is 5.39. The summed E-state index contributed by atoms with van der Waals surface area (Å²) in [6.45, 7) is 4.95. The van der Waals surface area contributed by atoms with Gasteiger partial charge in [-0.3, -0.25) is 4.68 Å². The summed E-state index contributed by atoms with van der Waals surface area (Å²) in [5, 5.41) is 15.1. The van der Waals surface area contributed by atoms with Crippen LogP contribution in [0.3, 0.4) is 0 Å². The molecule has 222 valence electrons. The van der Waals surface area contributed by atoms with Crippen LogP contribution in [0.1, 0.15) is 25.4 Å². The molecule has 6 rings (SSSR count). The van der Waals surface area contributed by atoms with E-state index in [1.807, 2.05) is 18.2 Å². The number of sulfone groups is 1. The molecule has 0 atom stereocenters. The van der Waals surface area contributed by atoms with Crippen LogP contribution in [0.25, 0.3) is 45.0 Å². The molecule has 0 fully saturated rings. The van der Waals surface area contributed by atoms with Gasteiger partial charge in [-0.15, -0.1) is 8.78 Å². The summed E-state index contributed by atoms with van der Waals surface area (Å²) in [4.78, 5) is 4.75. The molecule has 0 bridgehead atoms. The third-order valence-corrected chi connectivity index (χ3v) is 8.16. The number of aliphatic hydroxyl groups is 1. The van der Waals surface area contributed by atoms with Crippen molar-refractivity contribution in [1.29, 1.82) is 0 Å². The van der Waals surface area contributed by atoms with Gasteiger partial charge >= 0.3 is 6.29 Å². The second-order valence-electron chi connectivity index (χ2n) is 10.9. The SMILES string of the molecule is Cc1nc(-c2ccc3c(c2)OC(F)(F)O3)c(-c2cc(-c3cccc(S(C)(=O)=O)c3)ccc2-c2cc(C(C)(C)O)nn2C)o1. The summed E-state index contributed by atoms with van der Waals surface area (Å²) < 4.78 is 69.1. The largest absolute Gasteiger partial charge is 0.586 e. The van der Waals surface area contributed by atoms with Gasteiger partial charge in [0.2, 0.25) is 0 Å². The van der Waals surface area contributed by atoms with Gasteiger partial charge in [0.05, 0.1) is 16.3 Å². The minimum Gasteiger partial charge on any atom is -0.440 e. The van der Waals surface area contributed by atoms with Crippen LogP contribution < -0.4 is 9.47 Å². The zero-order valence-electron chi connectivity index (χ0n) is 23.8. The predicted octanol–water partition coefficient (Wildman–Crippen LogP) is 6.34. The van der Waals surface area contributed by atoms with Gasteiger partial charge < -0.3 is 19.0 Å². The fourth-order valence-corrected chi connectivity index (χ4v) is 5.63. The maximum atomic E-state index is 13.7. The topological polar surface area (TPSA) is 117 Å². The van der Waals surface area contributed by atoms with E-state index in [9.17, 15) is 22.3 Å². The van der Waals surface area contributed by atoms with Crippen molar-refractivity contribution < 1.29 is 36.2 Å². The molecule has 0 saturated heterocycles. The molecule has 1 N–H and O–H groups in total. The lowest BCUT2D eigenvalue weighted by Crippen LogP contribution is -2.25. The molecule has 9 nitrogen and oxygen atoms in total. The fourth-order valence-electron chi connectivity index (χ4n) is 4.96. The first-order valence-electron chi connectivity index (χ1n) is 13.2. The Morgan fingerprint density at radius 3 is 2.30 bits per heavy atom. The van der Waals surface area contributed by atoms with Crippen molar-refractivity contribution in [1.82, 2.24) is 14.8 Å². The van der Waals surface area contributed by atoms with Gasteiger partial charge in [0.25, 0.3) is 0 Å². The molecule has 0 radical (unpaired) electrons. The quantitative estimate of drug-likeness (QED) is 0.238. The molecular weight excluding hydrogens is 580 g/mol. The van der Waals surface area contributed by atoms with Crippen LogP contribution in [0.5, 0.6) is 11.5 Å². The summed E-state index contributed by atoms with van der Waals surface area (Å²) in [6.07, 6.45) is -2.63. The molecule has 0 aliphatic carbocycles. The van der Waals surface area contributed by atoms with Gasteiger partial charge in [-0.25, -0.2) is 13.4 Å². The van der Waals surface area contributed by atoms with Gasteiger partial charge in [-0.1, -0.05) is 24.3 Å². The molecule has 0 unspecified atom stereocenters. The van der Waals surface area contributed by atoms with Crippen molar-refractivity contribution in [3.63, 3.8) is 0 Å². The lowest BCUT2D eigenvalue weighted by Gasteiger charge is -2.13. The number of alkyl halides is 2. The summed E-state index contributed by atoms with van der Waals surface area (Å²) in [5.74, 6) is 0.427. The number of hydrogen-bond acceptors (Lipinski definition) is 8. The Bertz CT molecular complexity index is 2010. The van der Waals surface area contributed by atoms with Crippen LogP contribution in [0.2, 0.25) is 0 Å². The first kappa shape index (κ1) is 28.6. The summed E-state index contributed by atoms with van der Waals surface area (Å²) in [6, 6.07) is 18.3. The average molecular weight is 608 g/mol. The van der Waals surface area contributed by atoms with Gasteiger partial charge in [-0.2, -0.15) is 5.10 Å². The van der Waals surface area contributed by atoms with Gasteiger partial charge in [0.15, 0.2) is 33.0 Å². The molecule has 0 amide bonds. The van der Waals surface area contributed by atoms with E-state index in [1.165, 1.54) is 18.2 Å². The number of benzene rings is 3. The predicted molar refractivity (Wildman–Crippen MR) is 154 cm³/mol. The van der Waals surface area contributed by atoms with Crippen molar-refractivity contribution in [2.75, 3.05) is 6.26 Å². The number of aryl methyl sites for hydroxylation is 2. The minimum atomic E-state index is -3.77. The van der Waals surface area contributed by atoms with Gasteiger partial charge in [0.1, 0.15) is 11.3 Å². The Kier molecular flexibility index (Phi) is 6.47. The van der Waals surface area contributed by atoms with Crippen molar-refractivity contribution >= 4 is 9.84 Å². The number of hydrogen-bond donors (Lipinski definition) is 1. The highest BCUT2D eigenvalue weighted by molar-refractivity contribution is 7.90. The molecule has 1 aliphatic heterocycles. The van der Waals surface area contributed by atoms with Crippen molar-refractivity contribution in [3.05, 3.63) is 78.3 Å². The lowest BCUT2D eigenvalue weighted by molar-refractivity contribution is -0.286. The Balaban J connectivity index is 1.57. The Hall–Kier alpha value is -4.55. The highest BCUT2D eigenvalue weighted by Crippen LogP contribution is 2.46. The number of fused-ring (bicyclic) bond motifs is 1. The minimum absolute atomic E-state index is 0.0991. The zero-order valence-corrected chi connectivity index (χ0v) is 24.7. The molecule has 43 heavy (non-hydrogen) atoms. The second kappa shape index (κ2) is 9.75. The molecule has 3 heterocycles. The summed E-state index contributed by atoms with van der Waals surface area (Å²) in [5.41, 5.74) is 3.33. The first-order chi connectivity index (χ1) is 20.1. The molecule has 1 aliphatic rings. The number of rotatable bonds is 6. The highest BCUT2D eigenvalue weighted by Gasteiger charge is 2.43. The normalized spacial score (nSPS) is 14.3. The van der Waals surface area contributed by atoms with Crippen LogP contribution >= 0.6 is 0 Å². The van der Waals surface area contributed by atoms with Crippen molar-refractivity contribution in [3.8, 4) is 56.5 Å². The zero-order chi connectivity index (χ0) is 30.9. The van der Waals surface area contributed by atoms with Gasteiger partial charge in [0, 0.05) is 36.9 Å². The van der Waals surface area contributed by atoms with E-state index in [0.717, 1.165) is 6.26 Å². The average Bonchev–Trinajstić information content (AvgIpc) is 3.60. The Labute approximate surface area is 246 Å². The molecule has 12 heteroatoms. The van der Waals surface area contributed by atoms with E-state index in [2.05, 4.69) is 19.6 Å². The molecule has 3 aromatic carbocycles. The van der Waals surface area contributed by atoms with E-state index in [4.69, 9.17) is 4.42 Å². The van der Waals surface area contributed by atoms with E-state index >= 15 is 0 Å². The first-order valence-corrected chi connectivity index (χ1v) is 15.1. The van der Waals surface area contributed by atoms with E-state index in [0.29, 0.717) is 56.6 Å². The second-order valence-corrected chi connectivity index (χ2v) is 12.9. The number of ether oxygens (including phenoxy) is 2. The number of nitrogens with zero attached hydrogens (tertiary/aromatic N) is 3. The van der Waals surface area contributed by atoms with Crippen LogP contribution in [0.4, 0.5) is 8.78 Å². The molecule has 5 aromatic rings. The van der Waals surface area contributed by atoms with Crippen molar-refractivity contribution in [2.45, 2.75) is 37.6 Å². The van der Waals surface area contributed by atoms with Gasteiger partial charge in [-0.05, 0) is 67.4 Å². The maximum absolute atomic E-state index is 13.7. The Morgan fingerprint density at radius 1 is 0.907 bits per heavy atom. The molecule has 0 saturated carbocycles. The summed E-state index contributed by atoms with van der Waals surface area (Å²) in [7, 11) is -1.70. The molecule has 2 aromatic heterocycles. The van der Waals surface area contributed by atoms with Crippen LogP contribution in [-0.2, 0) is 22.5 Å². The fraction of sp³-hybridized carbons (Fsp3) is 0.226. The smallest absolute Gasteiger partial charge is 0.440 e. The standard InChI is InChI=1S/C31H27F2N3O6S/c1-17-34-28(20-10-12-25-26(15-20)42-31(32,33)41-25)29(40-17)23-14-19(18-7-6-8-21(13-18)43(5,38)39)9-11-22(23)24-16-27(30(2,3)37)35-36(24)4/h6-16,37H,1-5H3. The Morgan fingerprint density at radius 2 is 1.60 bits per heavy atom. The maximum Gasteiger partial charge on any atom is 0.586 e. The molecular formula is C31H27F2N3O6S. The van der Waals surface area contributed by atoms with E-state index < -0.39 is 21.7 Å².